The van der Waals surface area contributed by atoms with Gasteiger partial charge in [-0.1, -0.05) is 60.7 Å². The molecule has 29 heavy (non-hydrogen) atoms. The number of ether oxygens (including phenoxy) is 2. The lowest BCUT2D eigenvalue weighted by Gasteiger charge is -2.31. The number of benzene rings is 3. The van der Waals surface area contributed by atoms with Gasteiger partial charge in [0.05, 0.1) is 14.2 Å². The van der Waals surface area contributed by atoms with Gasteiger partial charge in [-0.3, -0.25) is 4.79 Å². The molecular formula is C23H22NO4P. The number of carbonyl (C=O) groups excluding carboxylic acids is 1. The fourth-order valence-electron chi connectivity index (χ4n) is 3.97. The molecule has 148 valence electrons. The van der Waals surface area contributed by atoms with Crippen LogP contribution in [0.1, 0.15) is 21.7 Å². The molecule has 1 atom stereocenters. The van der Waals surface area contributed by atoms with Gasteiger partial charge in [0.1, 0.15) is 5.78 Å². The average molecular weight is 407 g/mol. The van der Waals surface area contributed by atoms with Crippen LogP contribution in [-0.2, 0) is 4.57 Å². The number of methoxy groups -OCH3 is 2. The highest BCUT2D eigenvalue weighted by molar-refractivity contribution is 7.79. The van der Waals surface area contributed by atoms with E-state index in [4.69, 9.17) is 9.47 Å². The molecule has 0 bridgehead atoms. The first-order valence-electron chi connectivity index (χ1n) is 9.26. The molecule has 0 spiro atoms. The number of fused-ring (bicyclic) bond motifs is 1. The van der Waals surface area contributed by atoms with Crippen molar-refractivity contribution < 1.29 is 18.8 Å². The lowest BCUT2D eigenvalue weighted by Crippen LogP contribution is -2.30. The minimum Gasteiger partial charge on any atom is -0.493 e. The first-order valence-corrected chi connectivity index (χ1v) is 11.0. The predicted octanol–water partition coefficient (Wildman–Crippen LogP) is 3.80. The molecule has 3 aromatic rings. The number of nitrogens with zero attached hydrogens (tertiary/aromatic N) is 1. The maximum atomic E-state index is 14.8. The zero-order chi connectivity index (χ0) is 20.6. The van der Waals surface area contributed by atoms with Crippen molar-refractivity contribution in [2.24, 2.45) is 0 Å². The molecule has 0 radical (unpaired) electrons. The van der Waals surface area contributed by atoms with Crippen molar-refractivity contribution in [3.63, 3.8) is 0 Å². The van der Waals surface area contributed by atoms with E-state index in [1.165, 1.54) is 7.11 Å². The Balaban J connectivity index is 2.01. The Bertz CT molecular complexity index is 1060. The van der Waals surface area contributed by atoms with Crippen LogP contribution in [0.4, 0.5) is 0 Å². The molecule has 1 amide bonds. The molecule has 0 saturated carbocycles. The summed E-state index contributed by atoms with van der Waals surface area (Å²) in [6.45, 7) is 0. The van der Waals surface area contributed by atoms with Crippen LogP contribution in [0.3, 0.4) is 0 Å². The number of hydrogen-bond acceptors (Lipinski definition) is 4. The van der Waals surface area contributed by atoms with E-state index >= 15 is 0 Å². The fraction of sp³-hybridized carbons (Fsp3) is 0.174. The molecule has 1 aliphatic heterocycles. The second kappa shape index (κ2) is 7.41. The van der Waals surface area contributed by atoms with Crippen LogP contribution < -0.4 is 20.1 Å². The van der Waals surface area contributed by atoms with Crippen LogP contribution >= 0.6 is 7.14 Å². The second-order valence-electron chi connectivity index (χ2n) is 6.91. The molecule has 0 aliphatic carbocycles. The predicted molar refractivity (Wildman–Crippen MR) is 114 cm³/mol. The molecule has 5 nitrogen and oxygen atoms in total. The van der Waals surface area contributed by atoms with Crippen molar-refractivity contribution in [2.45, 2.75) is 5.78 Å². The van der Waals surface area contributed by atoms with Gasteiger partial charge in [0.15, 0.2) is 18.6 Å². The smallest absolute Gasteiger partial charge is 0.255 e. The molecule has 1 unspecified atom stereocenters. The minimum absolute atomic E-state index is 0.182. The Morgan fingerprint density at radius 3 is 1.79 bits per heavy atom. The van der Waals surface area contributed by atoms with Gasteiger partial charge in [-0.15, -0.1) is 0 Å². The summed E-state index contributed by atoms with van der Waals surface area (Å²) in [7, 11) is 1.54. The Labute approximate surface area is 170 Å². The van der Waals surface area contributed by atoms with Gasteiger partial charge >= 0.3 is 0 Å². The highest BCUT2D eigenvalue weighted by Crippen LogP contribution is 2.62. The largest absolute Gasteiger partial charge is 0.493 e. The Morgan fingerprint density at radius 1 is 0.828 bits per heavy atom. The SMILES string of the molecule is COc1cc2c(cc1OC)C(P(=O)(c1ccccc1)c1ccccc1)N(C)C2=O. The zero-order valence-electron chi connectivity index (χ0n) is 16.5. The van der Waals surface area contributed by atoms with E-state index in [0.717, 1.165) is 0 Å². The highest BCUT2D eigenvalue weighted by atomic mass is 31.2. The number of carbonyl (C=O) groups is 1. The summed E-state index contributed by atoms with van der Waals surface area (Å²) < 4.78 is 25.7. The fourth-order valence-corrected chi connectivity index (χ4v) is 7.26. The monoisotopic (exact) mass is 407 g/mol. The maximum Gasteiger partial charge on any atom is 0.255 e. The van der Waals surface area contributed by atoms with E-state index in [2.05, 4.69) is 0 Å². The van der Waals surface area contributed by atoms with Gasteiger partial charge in [0.2, 0.25) is 0 Å². The Morgan fingerprint density at radius 2 is 1.31 bits per heavy atom. The Kier molecular flexibility index (Phi) is 4.93. The average Bonchev–Trinajstić information content (AvgIpc) is 3.03. The summed E-state index contributed by atoms with van der Waals surface area (Å²) in [5, 5.41) is 1.41. The van der Waals surface area contributed by atoms with Gasteiger partial charge in [-0.2, -0.15) is 0 Å². The van der Waals surface area contributed by atoms with Crippen LogP contribution in [0.25, 0.3) is 0 Å². The lowest BCUT2D eigenvalue weighted by atomic mass is 10.1. The normalized spacial score (nSPS) is 15.9. The summed E-state index contributed by atoms with van der Waals surface area (Å²) in [5.74, 6) is 0.169. The van der Waals surface area contributed by atoms with E-state index in [1.807, 2.05) is 60.7 Å². The first kappa shape index (κ1) is 19.3. The van der Waals surface area contributed by atoms with Crippen molar-refractivity contribution in [2.75, 3.05) is 21.3 Å². The van der Waals surface area contributed by atoms with E-state index in [0.29, 0.717) is 33.2 Å². The summed E-state index contributed by atoms with van der Waals surface area (Å²) in [6, 6.07) is 22.2. The van der Waals surface area contributed by atoms with Crippen molar-refractivity contribution in [3.8, 4) is 11.5 Å². The topological polar surface area (TPSA) is 55.8 Å². The standard InChI is InChI=1S/C23H22NO4P/c1-24-22(25)18-14-20(27-2)21(28-3)15-19(18)23(24)29(26,16-10-6-4-7-11-16)17-12-8-5-9-13-17/h4-15,23H,1-3H3. The van der Waals surface area contributed by atoms with Crippen molar-refractivity contribution >= 4 is 23.7 Å². The lowest BCUT2D eigenvalue weighted by molar-refractivity contribution is 0.0808. The minimum atomic E-state index is -3.24. The molecule has 1 heterocycles. The van der Waals surface area contributed by atoms with Crippen molar-refractivity contribution in [1.29, 1.82) is 0 Å². The van der Waals surface area contributed by atoms with Gasteiger partial charge in [0.25, 0.3) is 5.91 Å². The van der Waals surface area contributed by atoms with Crippen LogP contribution in [0.2, 0.25) is 0 Å². The molecule has 3 aromatic carbocycles. The van der Waals surface area contributed by atoms with E-state index < -0.39 is 12.9 Å². The van der Waals surface area contributed by atoms with Crippen LogP contribution in [0.15, 0.2) is 72.8 Å². The van der Waals surface area contributed by atoms with Gasteiger partial charge < -0.3 is 18.9 Å². The van der Waals surface area contributed by atoms with E-state index in [-0.39, 0.29) is 5.91 Å². The third-order valence-electron chi connectivity index (χ3n) is 5.38. The van der Waals surface area contributed by atoms with E-state index in [9.17, 15) is 9.36 Å². The Hall–Kier alpha value is -3.04. The molecule has 0 N–H and O–H groups in total. The third kappa shape index (κ3) is 2.93. The number of hydrogen-bond donors (Lipinski definition) is 0. The van der Waals surface area contributed by atoms with Gasteiger partial charge in [0, 0.05) is 23.2 Å². The zero-order valence-corrected chi connectivity index (χ0v) is 17.4. The molecular weight excluding hydrogens is 385 g/mol. The van der Waals surface area contributed by atoms with E-state index in [1.54, 1.807) is 31.2 Å². The van der Waals surface area contributed by atoms with Gasteiger partial charge in [-0.05, 0) is 17.7 Å². The van der Waals surface area contributed by atoms with Crippen molar-refractivity contribution in [3.05, 3.63) is 83.9 Å². The van der Waals surface area contributed by atoms with Crippen LogP contribution in [-0.4, -0.2) is 32.1 Å². The summed E-state index contributed by atoms with van der Waals surface area (Å²) in [6.07, 6.45) is 0. The molecule has 0 saturated heterocycles. The summed E-state index contributed by atoms with van der Waals surface area (Å²) in [5.41, 5.74) is 1.17. The molecule has 6 heteroatoms. The molecule has 0 aromatic heterocycles. The van der Waals surface area contributed by atoms with Crippen LogP contribution in [0.5, 0.6) is 11.5 Å². The maximum absolute atomic E-state index is 14.8. The molecule has 4 rings (SSSR count). The van der Waals surface area contributed by atoms with Crippen molar-refractivity contribution in [1.82, 2.24) is 4.90 Å². The summed E-state index contributed by atoms with van der Waals surface area (Å²) >= 11 is 0. The second-order valence-corrected chi connectivity index (χ2v) is 9.75. The third-order valence-corrected chi connectivity index (χ3v) is 8.82. The van der Waals surface area contributed by atoms with Gasteiger partial charge in [-0.25, -0.2) is 0 Å². The highest BCUT2D eigenvalue weighted by Gasteiger charge is 2.48. The van der Waals surface area contributed by atoms with Crippen LogP contribution in [0, 0.1) is 0 Å². The number of rotatable bonds is 5. The molecule has 1 aliphatic rings. The molecule has 0 fully saturated rings. The summed E-state index contributed by atoms with van der Waals surface area (Å²) in [4.78, 5) is 14.7. The quantitative estimate of drug-likeness (QED) is 0.604. The number of amides is 1. The first-order chi connectivity index (χ1) is 14.0.